The van der Waals surface area contributed by atoms with Gasteiger partial charge in [-0.3, -0.25) is 4.57 Å². The Morgan fingerprint density at radius 2 is 1.59 bits per heavy atom. The number of nitrogens with zero attached hydrogens (tertiary/aromatic N) is 4. The van der Waals surface area contributed by atoms with Gasteiger partial charge in [0.1, 0.15) is 12.1 Å². The largest absolute Gasteiger partial charge is 0.438 e. The molecule has 0 aliphatic heterocycles. The predicted molar refractivity (Wildman–Crippen MR) is 110 cm³/mol. The molecule has 2 aromatic carbocycles. The summed E-state index contributed by atoms with van der Waals surface area (Å²) in [6, 6.07) is 16.9. The Morgan fingerprint density at radius 1 is 0.897 bits per heavy atom. The van der Waals surface area contributed by atoms with Crippen LogP contribution in [-0.2, 0) is 0 Å². The first kappa shape index (κ1) is 18.5. The van der Waals surface area contributed by atoms with Gasteiger partial charge in [-0.05, 0) is 54.6 Å². The van der Waals surface area contributed by atoms with E-state index in [0.717, 1.165) is 0 Å². The molecule has 2 heterocycles. The zero-order chi connectivity index (χ0) is 20.1. The number of anilines is 2. The zero-order valence-electron chi connectivity index (χ0n) is 15.0. The molecule has 0 aliphatic carbocycles. The molecule has 0 bridgehead atoms. The molecule has 0 spiro atoms. The molecule has 0 fully saturated rings. The minimum Gasteiger partial charge on any atom is -0.438 e. The number of rotatable bonds is 5. The van der Waals surface area contributed by atoms with Gasteiger partial charge in [-0.2, -0.15) is 0 Å². The second-order valence-electron chi connectivity index (χ2n) is 5.91. The highest BCUT2D eigenvalue weighted by molar-refractivity contribution is 6.30. The summed E-state index contributed by atoms with van der Waals surface area (Å²) in [6.45, 7) is 0. The Bertz CT molecular complexity index is 1080. The molecule has 2 aromatic heterocycles. The maximum atomic E-state index is 12.1. The number of urea groups is 1. The standard InChI is InChI=1S/C20H15ClN6O2/c21-14-1-3-15(4-2-14)23-20(28)24-16-5-7-17(8-6-16)29-19-10-9-18(25-26-19)27-12-11-22-13-27/h1-13H,(H2,23,24,28). The van der Waals surface area contributed by atoms with Crippen molar-refractivity contribution in [1.29, 1.82) is 0 Å². The smallest absolute Gasteiger partial charge is 0.323 e. The molecule has 0 saturated carbocycles. The van der Waals surface area contributed by atoms with E-state index in [1.165, 1.54) is 0 Å². The van der Waals surface area contributed by atoms with Crippen LogP contribution in [0.1, 0.15) is 0 Å². The van der Waals surface area contributed by atoms with Crippen molar-refractivity contribution in [3.63, 3.8) is 0 Å². The van der Waals surface area contributed by atoms with Crippen LogP contribution in [-0.4, -0.2) is 25.8 Å². The van der Waals surface area contributed by atoms with E-state index in [2.05, 4.69) is 25.8 Å². The maximum Gasteiger partial charge on any atom is 0.323 e. The summed E-state index contributed by atoms with van der Waals surface area (Å²) >= 11 is 5.83. The van der Waals surface area contributed by atoms with Crippen LogP contribution in [0.3, 0.4) is 0 Å². The van der Waals surface area contributed by atoms with Gasteiger partial charge in [0, 0.05) is 34.9 Å². The lowest BCUT2D eigenvalue weighted by atomic mass is 10.3. The molecule has 29 heavy (non-hydrogen) atoms. The summed E-state index contributed by atoms with van der Waals surface area (Å²) < 4.78 is 7.42. The summed E-state index contributed by atoms with van der Waals surface area (Å²) in [5, 5.41) is 14.2. The van der Waals surface area contributed by atoms with Crippen molar-refractivity contribution in [2.75, 3.05) is 10.6 Å². The Kier molecular flexibility index (Phi) is 5.35. The van der Waals surface area contributed by atoms with E-state index in [-0.39, 0.29) is 6.03 Å². The molecule has 4 aromatic rings. The fourth-order valence-electron chi connectivity index (χ4n) is 2.45. The molecule has 0 unspecified atom stereocenters. The van der Waals surface area contributed by atoms with Crippen molar-refractivity contribution in [2.24, 2.45) is 0 Å². The van der Waals surface area contributed by atoms with Gasteiger partial charge < -0.3 is 15.4 Å². The van der Waals surface area contributed by atoms with E-state index >= 15 is 0 Å². The van der Waals surface area contributed by atoms with Crippen LogP contribution in [0, 0.1) is 0 Å². The first-order valence-electron chi connectivity index (χ1n) is 8.59. The second kappa shape index (κ2) is 8.41. The number of ether oxygens (including phenoxy) is 1. The van der Waals surface area contributed by atoms with Gasteiger partial charge in [0.2, 0.25) is 5.88 Å². The lowest BCUT2D eigenvalue weighted by Crippen LogP contribution is -2.19. The van der Waals surface area contributed by atoms with Gasteiger partial charge >= 0.3 is 6.03 Å². The molecular weight excluding hydrogens is 392 g/mol. The first-order valence-corrected chi connectivity index (χ1v) is 8.97. The summed E-state index contributed by atoms with van der Waals surface area (Å²) in [7, 11) is 0. The molecule has 0 atom stereocenters. The molecule has 144 valence electrons. The number of nitrogens with one attached hydrogen (secondary N) is 2. The Labute approximate surface area is 171 Å². The average molecular weight is 407 g/mol. The third kappa shape index (κ3) is 4.88. The van der Waals surface area contributed by atoms with E-state index in [1.54, 1.807) is 84.0 Å². The number of amides is 2. The minimum atomic E-state index is -0.359. The summed E-state index contributed by atoms with van der Waals surface area (Å²) in [5.74, 6) is 1.56. The lowest BCUT2D eigenvalue weighted by Gasteiger charge is -2.09. The molecule has 2 N–H and O–H groups in total. The summed E-state index contributed by atoms with van der Waals surface area (Å²) in [4.78, 5) is 16.0. The van der Waals surface area contributed by atoms with Gasteiger partial charge in [0.05, 0.1) is 0 Å². The Morgan fingerprint density at radius 3 is 2.17 bits per heavy atom. The van der Waals surface area contributed by atoms with E-state index in [0.29, 0.717) is 33.8 Å². The van der Waals surface area contributed by atoms with Gasteiger partial charge in [0.15, 0.2) is 5.82 Å². The number of hydrogen-bond donors (Lipinski definition) is 2. The van der Waals surface area contributed by atoms with Crippen LogP contribution in [0.2, 0.25) is 5.02 Å². The van der Waals surface area contributed by atoms with Crippen molar-refractivity contribution in [1.82, 2.24) is 19.7 Å². The quantitative estimate of drug-likeness (QED) is 0.498. The van der Waals surface area contributed by atoms with Crippen LogP contribution in [0.15, 0.2) is 79.4 Å². The van der Waals surface area contributed by atoms with Crippen LogP contribution in [0.5, 0.6) is 11.6 Å². The highest BCUT2D eigenvalue weighted by atomic mass is 35.5. The molecule has 8 nitrogen and oxygen atoms in total. The van der Waals surface area contributed by atoms with Crippen LogP contribution >= 0.6 is 11.6 Å². The average Bonchev–Trinajstić information content (AvgIpc) is 3.27. The van der Waals surface area contributed by atoms with Crippen molar-refractivity contribution < 1.29 is 9.53 Å². The molecule has 0 aliphatic rings. The van der Waals surface area contributed by atoms with E-state index in [4.69, 9.17) is 16.3 Å². The third-order valence-corrected chi connectivity index (χ3v) is 4.08. The van der Waals surface area contributed by atoms with E-state index < -0.39 is 0 Å². The van der Waals surface area contributed by atoms with Gasteiger partial charge in [-0.1, -0.05) is 11.6 Å². The van der Waals surface area contributed by atoms with Crippen LogP contribution < -0.4 is 15.4 Å². The normalized spacial score (nSPS) is 10.4. The predicted octanol–water partition coefficient (Wildman–Crippen LogP) is 4.75. The topological polar surface area (TPSA) is 94.0 Å². The molecule has 4 rings (SSSR count). The summed E-state index contributed by atoms with van der Waals surface area (Å²) in [6.07, 6.45) is 5.08. The van der Waals surface area contributed by atoms with Crippen LogP contribution in [0.4, 0.5) is 16.2 Å². The van der Waals surface area contributed by atoms with Crippen molar-refractivity contribution in [2.45, 2.75) is 0 Å². The lowest BCUT2D eigenvalue weighted by molar-refractivity contribution is 0.262. The number of aromatic nitrogens is 4. The molecule has 2 amide bonds. The Balaban J connectivity index is 1.34. The SMILES string of the molecule is O=C(Nc1ccc(Cl)cc1)Nc1ccc(Oc2ccc(-n3ccnc3)nn2)cc1. The molecule has 0 radical (unpaired) electrons. The fraction of sp³-hybridized carbons (Fsp3) is 0. The van der Waals surface area contributed by atoms with Crippen molar-refractivity contribution in [3.05, 3.63) is 84.4 Å². The number of carbonyl (C=O) groups excluding carboxylic acids is 1. The van der Waals surface area contributed by atoms with E-state index in [1.807, 2.05) is 0 Å². The second-order valence-corrected chi connectivity index (χ2v) is 6.35. The highest BCUT2D eigenvalue weighted by Gasteiger charge is 2.05. The molecule has 9 heteroatoms. The van der Waals surface area contributed by atoms with Gasteiger partial charge in [0.25, 0.3) is 0 Å². The molecular formula is C20H15ClN6O2. The zero-order valence-corrected chi connectivity index (χ0v) is 15.7. The summed E-state index contributed by atoms with van der Waals surface area (Å²) in [5.41, 5.74) is 1.26. The van der Waals surface area contributed by atoms with Gasteiger partial charge in [-0.15, -0.1) is 10.2 Å². The van der Waals surface area contributed by atoms with Gasteiger partial charge in [-0.25, -0.2) is 9.78 Å². The Hall–Kier alpha value is -3.91. The van der Waals surface area contributed by atoms with E-state index in [9.17, 15) is 4.79 Å². The van der Waals surface area contributed by atoms with Crippen LogP contribution in [0.25, 0.3) is 5.82 Å². The number of halogens is 1. The number of benzene rings is 2. The molecule has 0 saturated heterocycles. The highest BCUT2D eigenvalue weighted by Crippen LogP contribution is 2.22. The number of carbonyl (C=O) groups is 1. The number of hydrogen-bond acceptors (Lipinski definition) is 5. The first-order chi connectivity index (χ1) is 14.2. The van der Waals surface area contributed by atoms with Crippen molar-refractivity contribution >= 4 is 29.0 Å². The monoisotopic (exact) mass is 406 g/mol. The van der Waals surface area contributed by atoms with Crippen molar-refractivity contribution in [3.8, 4) is 17.4 Å². The third-order valence-electron chi connectivity index (χ3n) is 3.83. The maximum absolute atomic E-state index is 12.1. The minimum absolute atomic E-state index is 0.357. The number of imidazole rings is 1. The fourth-order valence-corrected chi connectivity index (χ4v) is 2.58.